The van der Waals surface area contributed by atoms with Crippen molar-refractivity contribution in [2.24, 2.45) is 0 Å². The lowest BCUT2D eigenvalue weighted by Crippen LogP contribution is -2.40. The summed E-state index contributed by atoms with van der Waals surface area (Å²) in [6.07, 6.45) is 2.64. The number of hydrogen-bond acceptors (Lipinski definition) is 2. The van der Waals surface area contributed by atoms with Crippen molar-refractivity contribution in [3.63, 3.8) is 0 Å². The molecule has 2 amide bonds. The highest BCUT2D eigenvalue weighted by atomic mass is 16.3. The first-order valence-corrected chi connectivity index (χ1v) is 8.95. The van der Waals surface area contributed by atoms with Gasteiger partial charge in [0.25, 0.3) is 0 Å². The Morgan fingerprint density at radius 2 is 1.92 bits per heavy atom. The smallest absolute Gasteiger partial charge is 0.317 e. The molecule has 0 aliphatic heterocycles. The predicted octanol–water partition coefficient (Wildman–Crippen LogP) is 3.48. The Labute approximate surface area is 149 Å². The van der Waals surface area contributed by atoms with Gasteiger partial charge >= 0.3 is 6.03 Å². The third-order valence-electron chi connectivity index (χ3n) is 5.14. The van der Waals surface area contributed by atoms with Gasteiger partial charge in [0, 0.05) is 26.1 Å². The van der Waals surface area contributed by atoms with Gasteiger partial charge in [-0.15, -0.1) is 0 Å². The van der Waals surface area contributed by atoms with Gasteiger partial charge in [-0.3, -0.25) is 0 Å². The molecule has 1 aliphatic rings. The van der Waals surface area contributed by atoms with E-state index in [0.29, 0.717) is 13.0 Å². The van der Waals surface area contributed by atoms with Gasteiger partial charge in [0.2, 0.25) is 0 Å². The Hall–Kier alpha value is -2.33. The Kier molecular flexibility index (Phi) is 5.71. The lowest BCUT2D eigenvalue weighted by Gasteiger charge is -2.27. The fourth-order valence-corrected chi connectivity index (χ4v) is 3.68. The van der Waals surface area contributed by atoms with E-state index in [1.807, 2.05) is 48.3 Å². The van der Waals surface area contributed by atoms with E-state index in [2.05, 4.69) is 23.5 Å². The standard InChI is InChI=1S/C21H26N2O2/c1-23(20-12-11-17-9-5-6-10-19(17)20)21(25)22-15-18(13-14-24)16-7-3-2-4-8-16/h2-10,18,20,24H,11-15H2,1H3,(H,22,25). The summed E-state index contributed by atoms with van der Waals surface area (Å²) in [5.41, 5.74) is 3.75. The van der Waals surface area contributed by atoms with E-state index < -0.39 is 0 Å². The van der Waals surface area contributed by atoms with Crippen LogP contribution in [0.1, 0.15) is 41.5 Å². The molecule has 0 radical (unpaired) electrons. The van der Waals surface area contributed by atoms with Crippen LogP contribution in [0.3, 0.4) is 0 Å². The fraction of sp³-hybridized carbons (Fsp3) is 0.381. The molecule has 0 heterocycles. The van der Waals surface area contributed by atoms with Crippen LogP contribution in [0.15, 0.2) is 54.6 Å². The van der Waals surface area contributed by atoms with Gasteiger partial charge in [0.15, 0.2) is 0 Å². The molecule has 0 aromatic heterocycles. The highest BCUT2D eigenvalue weighted by Crippen LogP contribution is 2.34. The molecule has 3 rings (SSSR count). The van der Waals surface area contributed by atoms with Crippen molar-refractivity contribution >= 4 is 6.03 Å². The summed E-state index contributed by atoms with van der Waals surface area (Å²) in [5, 5.41) is 12.4. The lowest BCUT2D eigenvalue weighted by molar-refractivity contribution is 0.188. The SMILES string of the molecule is CN(C(=O)NCC(CCO)c1ccccc1)C1CCc2ccccc21. The molecule has 0 fully saturated rings. The molecule has 0 spiro atoms. The lowest BCUT2D eigenvalue weighted by atomic mass is 9.96. The number of aliphatic hydroxyl groups is 1. The van der Waals surface area contributed by atoms with E-state index in [0.717, 1.165) is 18.4 Å². The van der Waals surface area contributed by atoms with Gasteiger partial charge < -0.3 is 15.3 Å². The number of nitrogens with one attached hydrogen (secondary N) is 1. The van der Waals surface area contributed by atoms with Crippen LogP contribution in [0.5, 0.6) is 0 Å². The second kappa shape index (κ2) is 8.17. The van der Waals surface area contributed by atoms with Crippen LogP contribution in [0.2, 0.25) is 0 Å². The minimum absolute atomic E-state index is 0.0550. The molecule has 2 N–H and O–H groups in total. The van der Waals surface area contributed by atoms with Gasteiger partial charge in [-0.1, -0.05) is 54.6 Å². The van der Waals surface area contributed by atoms with Gasteiger partial charge in [-0.05, 0) is 36.0 Å². The number of aliphatic hydroxyl groups excluding tert-OH is 1. The Balaban J connectivity index is 1.62. The highest BCUT2D eigenvalue weighted by Gasteiger charge is 2.28. The maximum atomic E-state index is 12.6. The Morgan fingerprint density at radius 3 is 2.68 bits per heavy atom. The number of benzene rings is 2. The summed E-state index contributed by atoms with van der Waals surface area (Å²) in [6.45, 7) is 0.642. The van der Waals surface area contributed by atoms with E-state index in [-0.39, 0.29) is 24.6 Å². The van der Waals surface area contributed by atoms with Crippen molar-refractivity contribution in [2.75, 3.05) is 20.2 Å². The van der Waals surface area contributed by atoms with Crippen LogP contribution in [-0.4, -0.2) is 36.2 Å². The topological polar surface area (TPSA) is 52.6 Å². The molecule has 0 saturated carbocycles. The van der Waals surface area contributed by atoms with Crippen LogP contribution in [0.25, 0.3) is 0 Å². The number of nitrogens with zero attached hydrogens (tertiary/aromatic N) is 1. The summed E-state index contributed by atoms with van der Waals surface area (Å²) < 4.78 is 0. The number of rotatable bonds is 6. The maximum absolute atomic E-state index is 12.6. The first kappa shape index (κ1) is 17.5. The summed E-state index contributed by atoms with van der Waals surface area (Å²) in [6, 6.07) is 18.5. The molecule has 4 heteroatoms. The second-order valence-electron chi connectivity index (χ2n) is 6.67. The molecular formula is C21H26N2O2. The van der Waals surface area contributed by atoms with Crippen molar-refractivity contribution in [1.29, 1.82) is 0 Å². The molecule has 132 valence electrons. The largest absolute Gasteiger partial charge is 0.396 e. The third-order valence-corrected chi connectivity index (χ3v) is 5.14. The van der Waals surface area contributed by atoms with Crippen molar-refractivity contribution in [3.8, 4) is 0 Å². The quantitative estimate of drug-likeness (QED) is 0.847. The highest BCUT2D eigenvalue weighted by molar-refractivity contribution is 5.74. The molecule has 2 unspecified atom stereocenters. The number of fused-ring (bicyclic) bond motifs is 1. The fourth-order valence-electron chi connectivity index (χ4n) is 3.68. The number of carbonyl (C=O) groups is 1. The van der Waals surface area contributed by atoms with Crippen molar-refractivity contribution in [3.05, 3.63) is 71.3 Å². The molecule has 2 aromatic carbocycles. The summed E-state index contributed by atoms with van der Waals surface area (Å²) in [5.74, 6) is 0.124. The van der Waals surface area contributed by atoms with Crippen LogP contribution >= 0.6 is 0 Å². The first-order chi connectivity index (χ1) is 12.2. The number of urea groups is 1. The molecule has 0 saturated heterocycles. The van der Waals surface area contributed by atoms with Gasteiger partial charge in [0.1, 0.15) is 0 Å². The zero-order valence-corrected chi connectivity index (χ0v) is 14.7. The molecule has 4 nitrogen and oxygen atoms in total. The number of hydrogen-bond donors (Lipinski definition) is 2. The van der Waals surface area contributed by atoms with Gasteiger partial charge in [-0.25, -0.2) is 4.79 Å². The normalized spacial score (nSPS) is 17.0. The maximum Gasteiger partial charge on any atom is 0.317 e. The zero-order valence-electron chi connectivity index (χ0n) is 14.7. The Morgan fingerprint density at radius 1 is 1.20 bits per heavy atom. The van der Waals surface area contributed by atoms with Crippen LogP contribution < -0.4 is 5.32 Å². The average molecular weight is 338 g/mol. The third kappa shape index (κ3) is 4.02. The summed E-state index contributed by atoms with van der Waals surface area (Å²) >= 11 is 0. The van der Waals surface area contributed by atoms with Crippen molar-refractivity contribution in [2.45, 2.75) is 31.2 Å². The Bertz CT molecular complexity index is 702. The second-order valence-corrected chi connectivity index (χ2v) is 6.67. The number of carbonyl (C=O) groups excluding carboxylic acids is 1. The predicted molar refractivity (Wildman–Crippen MR) is 99.6 cm³/mol. The monoisotopic (exact) mass is 338 g/mol. The van der Waals surface area contributed by atoms with E-state index >= 15 is 0 Å². The van der Waals surface area contributed by atoms with Crippen molar-refractivity contribution in [1.82, 2.24) is 10.2 Å². The van der Waals surface area contributed by atoms with Crippen LogP contribution in [0.4, 0.5) is 4.79 Å². The minimum atomic E-state index is -0.0550. The molecule has 2 aromatic rings. The number of aryl methyl sites for hydroxylation is 1. The molecular weight excluding hydrogens is 312 g/mol. The molecule has 25 heavy (non-hydrogen) atoms. The summed E-state index contributed by atoms with van der Waals surface area (Å²) in [7, 11) is 1.87. The van der Waals surface area contributed by atoms with Gasteiger partial charge in [0.05, 0.1) is 6.04 Å². The zero-order chi connectivity index (χ0) is 17.6. The van der Waals surface area contributed by atoms with E-state index in [1.165, 1.54) is 11.1 Å². The molecule has 2 atom stereocenters. The first-order valence-electron chi connectivity index (χ1n) is 8.95. The van der Waals surface area contributed by atoms with Crippen molar-refractivity contribution < 1.29 is 9.90 Å². The van der Waals surface area contributed by atoms with E-state index in [9.17, 15) is 9.90 Å². The van der Waals surface area contributed by atoms with Crippen LogP contribution in [-0.2, 0) is 6.42 Å². The van der Waals surface area contributed by atoms with E-state index in [4.69, 9.17) is 0 Å². The summed E-state index contributed by atoms with van der Waals surface area (Å²) in [4.78, 5) is 14.4. The van der Waals surface area contributed by atoms with Gasteiger partial charge in [-0.2, -0.15) is 0 Å². The average Bonchev–Trinajstić information content (AvgIpc) is 3.09. The van der Waals surface area contributed by atoms with Crippen LogP contribution in [0, 0.1) is 0 Å². The number of amides is 2. The molecule has 1 aliphatic carbocycles. The molecule has 0 bridgehead atoms. The minimum Gasteiger partial charge on any atom is -0.396 e. The van der Waals surface area contributed by atoms with E-state index in [1.54, 1.807) is 0 Å².